The lowest BCUT2D eigenvalue weighted by atomic mass is 10.4. The molecule has 2 nitrogen and oxygen atoms in total. The minimum Gasteiger partial charge on any atom is -0.491 e. The summed E-state index contributed by atoms with van der Waals surface area (Å²) in [6, 6.07) is 0. The van der Waals surface area contributed by atoms with E-state index in [-0.39, 0.29) is 0 Å². The Morgan fingerprint density at radius 1 is 1.78 bits per heavy atom. The van der Waals surface area contributed by atoms with Gasteiger partial charge in [-0.3, -0.25) is 4.99 Å². The van der Waals surface area contributed by atoms with Crippen molar-refractivity contribution >= 4 is 18.8 Å². The van der Waals surface area contributed by atoms with E-state index in [2.05, 4.69) is 17.6 Å². The van der Waals surface area contributed by atoms with Gasteiger partial charge in [-0.2, -0.15) is 12.6 Å². The van der Waals surface area contributed by atoms with Crippen LogP contribution in [0.2, 0.25) is 0 Å². The Morgan fingerprint density at radius 2 is 2.67 bits per heavy atom. The monoisotopic (exact) mass is 143 g/mol. The van der Waals surface area contributed by atoms with Gasteiger partial charge in [0.05, 0.1) is 6.20 Å². The van der Waals surface area contributed by atoms with E-state index in [0.717, 1.165) is 17.9 Å². The summed E-state index contributed by atoms with van der Waals surface area (Å²) in [6.07, 6.45) is 4.35. The standard InChI is InChI=1S/C6H9NOS/c9-4-1-6-5-7-2-3-8-6/h2,5,9H,1,3-4H2. The van der Waals surface area contributed by atoms with E-state index in [1.54, 1.807) is 12.4 Å². The summed E-state index contributed by atoms with van der Waals surface area (Å²) in [6.45, 7) is 0.611. The normalized spacial score (nSPS) is 16.8. The van der Waals surface area contributed by atoms with Crippen LogP contribution in [0.5, 0.6) is 0 Å². The summed E-state index contributed by atoms with van der Waals surface area (Å²) < 4.78 is 5.18. The van der Waals surface area contributed by atoms with Crippen LogP contribution in [0.3, 0.4) is 0 Å². The summed E-state index contributed by atoms with van der Waals surface area (Å²) in [5.41, 5.74) is 0. The Morgan fingerprint density at radius 3 is 3.22 bits per heavy atom. The average Bonchev–Trinajstić information content (AvgIpc) is 1.91. The van der Waals surface area contributed by atoms with Crippen LogP contribution in [0.15, 0.2) is 17.0 Å². The largest absolute Gasteiger partial charge is 0.491 e. The van der Waals surface area contributed by atoms with Crippen LogP contribution in [0.1, 0.15) is 6.42 Å². The molecule has 0 unspecified atom stereocenters. The second-order valence-electron chi connectivity index (χ2n) is 1.71. The molecule has 0 aromatic carbocycles. The van der Waals surface area contributed by atoms with Crippen LogP contribution in [0.25, 0.3) is 0 Å². The maximum absolute atomic E-state index is 5.18. The van der Waals surface area contributed by atoms with E-state index in [0.29, 0.717) is 6.61 Å². The van der Waals surface area contributed by atoms with Gasteiger partial charge in [0.1, 0.15) is 12.4 Å². The number of allylic oxidation sites excluding steroid dienone is 1. The number of rotatable bonds is 2. The lowest BCUT2D eigenvalue weighted by Crippen LogP contribution is -2.00. The SMILES string of the molecule is SCCC1=CN=CCO1. The van der Waals surface area contributed by atoms with E-state index in [4.69, 9.17) is 4.74 Å². The highest BCUT2D eigenvalue weighted by Gasteiger charge is 1.97. The molecule has 0 bridgehead atoms. The third kappa shape index (κ3) is 2.10. The van der Waals surface area contributed by atoms with Crippen LogP contribution in [-0.2, 0) is 4.74 Å². The van der Waals surface area contributed by atoms with Gasteiger partial charge in [0.2, 0.25) is 0 Å². The zero-order chi connectivity index (χ0) is 6.53. The van der Waals surface area contributed by atoms with Gasteiger partial charge in [0, 0.05) is 12.6 Å². The zero-order valence-electron chi connectivity index (χ0n) is 5.08. The molecule has 0 atom stereocenters. The van der Waals surface area contributed by atoms with Crippen molar-refractivity contribution in [2.75, 3.05) is 12.4 Å². The lowest BCUT2D eigenvalue weighted by molar-refractivity contribution is 0.248. The molecule has 50 valence electrons. The van der Waals surface area contributed by atoms with Crippen molar-refractivity contribution in [2.24, 2.45) is 4.99 Å². The summed E-state index contributed by atoms with van der Waals surface area (Å²) in [7, 11) is 0. The van der Waals surface area contributed by atoms with Gasteiger partial charge in [0.15, 0.2) is 0 Å². The molecule has 1 aliphatic heterocycles. The van der Waals surface area contributed by atoms with E-state index in [1.165, 1.54) is 0 Å². The molecule has 1 aliphatic rings. The van der Waals surface area contributed by atoms with E-state index < -0.39 is 0 Å². The highest BCUT2D eigenvalue weighted by Crippen LogP contribution is 2.06. The van der Waals surface area contributed by atoms with Crippen molar-refractivity contribution in [1.82, 2.24) is 0 Å². The van der Waals surface area contributed by atoms with Crippen molar-refractivity contribution in [2.45, 2.75) is 6.42 Å². The first-order valence-corrected chi connectivity index (χ1v) is 3.51. The fourth-order valence-electron chi connectivity index (χ4n) is 0.607. The third-order valence-corrected chi connectivity index (χ3v) is 1.25. The number of hydrogen-bond donors (Lipinski definition) is 1. The molecule has 0 radical (unpaired) electrons. The predicted octanol–water partition coefficient (Wildman–Crippen LogP) is 1.25. The molecule has 1 rings (SSSR count). The molecule has 0 saturated carbocycles. The van der Waals surface area contributed by atoms with E-state index in [1.807, 2.05) is 0 Å². The van der Waals surface area contributed by atoms with Gasteiger partial charge in [-0.25, -0.2) is 0 Å². The van der Waals surface area contributed by atoms with Crippen LogP contribution in [0.4, 0.5) is 0 Å². The number of hydrogen-bond acceptors (Lipinski definition) is 3. The molecule has 3 heteroatoms. The number of aliphatic imine (C=N–C) groups is 1. The molecule has 0 fully saturated rings. The molecular formula is C6H9NOS. The first-order valence-electron chi connectivity index (χ1n) is 2.88. The van der Waals surface area contributed by atoms with Crippen LogP contribution < -0.4 is 0 Å². The van der Waals surface area contributed by atoms with Crippen LogP contribution >= 0.6 is 12.6 Å². The maximum Gasteiger partial charge on any atom is 0.123 e. The van der Waals surface area contributed by atoms with Crippen molar-refractivity contribution in [1.29, 1.82) is 0 Å². The van der Waals surface area contributed by atoms with Crippen molar-refractivity contribution in [3.8, 4) is 0 Å². The molecular weight excluding hydrogens is 134 g/mol. The van der Waals surface area contributed by atoms with Crippen LogP contribution in [-0.4, -0.2) is 18.6 Å². The first kappa shape index (κ1) is 6.68. The van der Waals surface area contributed by atoms with Crippen molar-refractivity contribution in [3.63, 3.8) is 0 Å². The molecule has 0 amide bonds. The zero-order valence-corrected chi connectivity index (χ0v) is 5.97. The quantitative estimate of drug-likeness (QED) is 0.577. The number of thiol groups is 1. The Labute approximate surface area is 60.0 Å². The fraction of sp³-hybridized carbons (Fsp3) is 0.500. The Hall–Kier alpha value is -0.440. The Balaban J connectivity index is 2.38. The molecule has 0 saturated heterocycles. The molecule has 0 aliphatic carbocycles. The Bertz CT molecular complexity index is 142. The second kappa shape index (κ2) is 3.56. The van der Waals surface area contributed by atoms with Gasteiger partial charge >= 0.3 is 0 Å². The molecule has 0 spiro atoms. The number of nitrogens with zero attached hydrogens (tertiary/aromatic N) is 1. The maximum atomic E-state index is 5.18. The fourth-order valence-corrected chi connectivity index (χ4v) is 0.828. The van der Waals surface area contributed by atoms with E-state index in [9.17, 15) is 0 Å². The van der Waals surface area contributed by atoms with Gasteiger partial charge in [-0.05, 0) is 5.75 Å². The smallest absolute Gasteiger partial charge is 0.123 e. The van der Waals surface area contributed by atoms with Crippen molar-refractivity contribution in [3.05, 3.63) is 12.0 Å². The highest BCUT2D eigenvalue weighted by atomic mass is 32.1. The first-order chi connectivity index (χ1) is 4.43. The lowest BCUT2D eigenvalue weighted by Gasteiger charge is -2.07. The Kier molecular flexibility index (Phi) is 2.64. The topological polar surface area (TPSA) is 21.6 Å². The van der Waals surface area contributed by atoms with E-state index >= 15 is 0 Å². The summed E-state index contributed by atoms with van der Waals surface area (Å²) in [5, 5.41) is 0. The minimum absolute atomic E-state index is 0.611. The third-order valence-electron chi connectivity index (χ3n) is 1.03. The molecule has 1 heterocycles. The van der Waals surface area contributed by atoms with Gasteiger partial charge < -0.3 is 4.74 Å². The van der Waals surface area contributed by atoms with Gasteiger partial charge in [0.25, 0.3) is 0 Å². The second-order valence-corrected chi connectivity index (χ2v) is 2.16. The van der Waals surface area contributed by atoms with Gasteiger partial charge in [-0.1, -0.05) is 0 Å². The number of ether oxygens (including phenoxy) is 1. The summed E-state index contributed by atoms with van der Waals surface area (Å²) >= 11 is 4.06. The van der Waals surface area contributed by atoms with Crippen LogP contribution in [0, 0.1) is 0 Å². The summed E-state index contributed by atoms with van der Waals surface area (Å²) in [4.78, 5) is 3.93. The predicted molar refractivity (Wildman–Crippen MR) is 41.0 cm³/mol. The summed E-state index contributed by atoms with van der Waals surface area (Å²) in [5.74, 6) is 1.76. The van der Waals surface area contributed by atoms with Crippen molar-refractivity contribution < 1.29 is 4.74 Å². The highest BCUT2D eigenvalue weighted by molar-refractivity contribution is 7.80. The minimum atomic E-state index is 0.611. The molecule has 9 heavy (non-hydrogen) atoms. The molecule has 0 aromatic heterocycles. The average molecular weight is 143 g/mol. The molecule has 0 aromatic rings. The van der Waals surface area contributed by atoms with Gasteiger partial charge in [-0.15, -0.1) is 0 Å². The molecule has 0 N–H and O–H groups in total.